The van der Waals surface area contributed by atoms with Gasteiger partial charge in [-0.15, -0.1) is 0 Å². The summed E-state index contributed by atoms with van der Waals surface area (Å²) in [7, 11) is -2.46. The lowest BCUT2D eigenvalue weighted by atomic mass is 10.3. The van der Waals surface area contributed by atoms with Gasteiger partial charge >= 0.3 is 5.69 Å². The lowest BCUT2D eigenvalue weighted by Gasteiger charge is -2.33. The van der Waals surface area contributed by atoms with Crippen LogP contribution in [0.1, 0.15) is 13.8 Å². The van der Waals surface area contributed by atoms with Crippen molar-refractivity contribution in [2.75, 3.05) is 39.8 Å². The molecule has 0 spiro atoms. The van der Waals surface area contributed by atoms with E-state index in [1.807, 2.05) is 13.8 Å². The minimum atomic E-state index is -3.77. The molecule has 0 amide bonds. The van der Waals surface area contributed by atoms with Crippen LogP contribution in [0.15, 0.2) is 34.7 Å². The number of nitrogens with zero attached hydrogens (tertiary/aromatic N) is 3. The van der Waals surface area contributed by atoms with E-state index in [2.05, 4.69) is 11.0 Å². The number of benzene rings is 1. The third-order valence-corrected chi connectivity index (χ3v) is 5.97. The van der Waals surface area contributed by atoms with Crippen molar-refractivity contribution >= 4 is 15.7 Å². The Kier molecular flexibility index (Phi) is 6.15. The van der Waals surface area contributed by atoms with E-state index in [0.717, 1.165) is 12.6 Å². The third kappa shape index (κ3) is 4.56. The maximum atomic E-state index is 12.8. The molecule has 0 unspecified atom stereocenters. The van der Waals surface area contributed by atoms with E-state index in [9.17, 15) is 18.5 Å². The summed E-state index contributed by atoms with van der Waals surface area (Å²) in [6.45, 7) is 6.82. The predicted octanol–water partition coefficient (Wildman–Crippen LogP) is 1.88. The van der Waals surface area contributed by atoms with E-state index in [-0.39, 0.29) is 16.3 Å². The molecule has 0 bridgehead atoms. The highest BCUT2D eigenvalue weighted by molar-refractivity contribution is 7.89. The highest BCUT2D eigenvalue weighted by Crippen LogP contribution is 2.30. The Bertz CT molecular complexity index is 764. The molecule has 0 radical (unpaired) electrons. The predicted molar refractivity (Wildman–Crippen MR) is 94.3 cm³/mol. The van der Waals surface area contributed by atoms with E-state index in [4.69, 9.17) is 4.74 Å². The Hall–Kier alpha value is -1.97. The summed E-state index contributed by atoms with van der Waals surface area (Å²) < 4.78 is 31.8. The fraction of sp³-hybridized carbons (Fsp3) is 0.500. The number of nitro groups is 1. The number of allylic oxidation sites excluding steroid dienone is 1. The number of rotatable bonds is 6. The molecule has 1 aliphatic rings. The molecule has 1 fully saturated rings. The first-order chi connectivity index (χ1) is 11.8. The van der Waals surface area contributed by atoms with Gasteiger partial charge in [0.15, 0.2) is 5.75 Å². The van der Waals surface area contributed by atoms with Crippen molar-refractivity contribution in [2.24, 2.45) is 0 Å². The van der Waals surface area contributed by atoms with Crippen LogP contribution in [-0.2, 0) is 10.0 Å². The van der Waals surface area contributed by atoms with Crippen LogP contribution in [0.25, 0.3) is 0 Å². The Balaban J connectivity index is 2.16. The van der Waals surface area contributed by atoms with Crippen molar-refractivity contribution in [3.8, 4) is 5.75 Å². The van der Waals surface area contributed by atoms with Gasteiger partial charge in [-0.25, -0.2) is 8.42 Å². The van der Waals surface area contributed by atoms with E-state index < -0.39 is 14.9 Å². The van der Waals surface area contributed by atoms with E-state index in [0.29, 0.717) is 26.2 Å². The summed E-state index contributed by atoms with van der Waals surface area (Å²) >= 11 is 0. The number of sulfonamides is 1. The third-order valence-electron chi connectivity index (χ3n) is 4.07. The summed E-state index contributed by atoms with van der Waals surface area (Å²) in [5, 5.41) is 11.1. The molecule has 1 aromatic rings. The van der Waals surface area contributed by atoms with Crippen molar-refractivity contribution in [3.05, 3.63) is 40.0 Å². The van der Waals surface area contributed by atoms with Gasteiger partial charge in [0.25, 0.3) is 0 Å². The molecule has 2 rings (SSSR count). The lowest BCUT2D eigenvalue weighted by molar-refractivity contribution is -0.386. The van der Waals surface area contributed by atoms with Crippen molar-refractivity contribution < 1.29 is 18.1 Å². The van der Waals surface area contributed by atoms with E-state index in [1.165, 1.54) is 29.1 Å². The van der Waals surface area contributed by atoms with Crippen LogP contribution in [0.2, 0.25) is 0 Å². The van der Waals surface area contributed by atoms with Gasteiger partial charge in [-0.05, 0) is 26.0 Å². The van der Waals surface area contributed by atoms with Gasteiger partial charge in [-0.1, -0.05) is 11.6 Å². The molecule has 0 saturated carbocycles. The summed E-state index contributed by atoms with van der Waals surface area (Å²) in [5.74, 6) is 0.0375. The molecular formula is C16H23N3O5S. The van der Waals surface area contributed by atoms with Gasteiger partial charge in [0.2, 0.25) is 10.0 Å². The molecule has 25 heavy (non-hydrogen) atoms. The summed E-state index contributed by atoms with van der Waals surface area (Å²) in [6, 6.07) is 3.72. The molecule has 0 aliphatic carbocycles. The zero-order valence-electron chi connectivity index (χ0n) is 14.6. The van der Waals surface area contributed by atoms with Gasteiger partial charge < -0.3 is 4.74 Å². The Morgan fingerprint density at radius 2 is 1.92 bits per heavy atom. The SMILES string of the molecule is COc1ccc(S(=O)(=O)N2CCN(CC=C(C)C)CC2)cc1[N+](=O)[O-]. The van der Waals surface area contributed by atoms with Crippen LogP contribution in [-0.4, -0.2) is 62.4 Å². The fourth-order valence-electron chi connectivity index (χ4n) is 2.59. The van der Waals surface area contributed by atoms with Crippen molar-refractivity contribution in [3.63, 3.8) is 0 Å². The second kappa shape index (κ2) is 7.94. The molecule has 0 aromatic heterocycles. The second-order valence-corrected chi connectivity index (χ2v) is 8.01. The van der Waals surface area contributed by atoms with Crippen LogP contribution >= 0.6 is 0 Å². The Labute approximate surface area is 147 Å². The maximum absolute atomic E-state index is 12.8. The van der Waals surface area contributed by atoms with Crippen LogP contribution in [0.5, 0.6) is 5.75 Å². The summed E-state index contributed by atoms with van der Waals surface area (Å²) in [6.07, 6.45) is 2.11. The number of hydrogen-bond acceptors (Lipinski definition) is 6. The molecule has 0 N–H and O–H groups in total. The number of nitro benzene ring substituents is 1. The summed E-state index contributed by atoms with van der Waals surface area (Å²) in [4.78, 5) is 12.6. The quantitative estimate of drug-likeness (QED) is 0.432. The summed E-state index contributed by atoms with van der Waals surface area (Å²) in [5.41, 5.74) is 0.867. The van der Waals surface area contributed by atoms with Crippen molar-refractivity contribution in [1.82, 2.24) is 9.21 Å². The molecule has 1 aliphatic heterocycles. The first-order valence-electron chi connectivity index (χ1n) is 7.94. The first-order valence-corrected chi connectivity index (χ1v) is 9.38. The van der Waals surface area contributed by atoms with Crippen LogP contribution in [0.4, 0.5) is 5.69 Å². The second-order valence-electron chi connectivity index (χ2n) is 6.08. The number of methoxy groups -OCH3 is 1. The topological polar surface area (TPSA) is 93.0 Å². The Morgan fingerprint density at radius 3 is 2.44 bits per heavy atom. The number of ether oxygens (including phenoxy) is 1. The molecule has 1 saturated heterocycles. The van der Waals surface area contributed by atoms with Gasteiger partial charge in [-0.2, -0.15) is 4.31 Å². The van der Waals surface area contributed by atoms with Crippen molar-refractivity contribution in [2.45, 2.75) is 18.7 Å². The molecule has 1 heterocycles. The smallest absolute Gasteiger partial charge is 0.312 e. The largest absolute Gasteiger partial charge is 0.490 e. The fourth-order valence-corrected chi connectivity index (χ4v) is 4.03. The normalized spacial score (nSPS) is 16.4. The average Bonchev–Trinajstić information content (AvgIpc) is 2.59. The highest BCUT2D eigenvalue weighted by atomic mass is 32.2. The number of hydrogen-bond donors (Lipinski definition) is 0. The van der Waals surface area contributed by atoms with Crippen LogP contribution in [0.3, 0.4) is 0 Å². The first kappa shape index (κ1) is 19.4. The van der Waals surface area contributed by atoms with Gasteiger partial charge in [0, 0.05) is 38.8 Å². The average molecular weight is 369 g/mol. The van der Waals surface area contributed by atoms with Gasteiger partial charge in [0.05, 0.1) is 16.9 Å². The number of piperazine rings is 1. The molecule has 9 heteroatoms. The molecular weight excluding hydrogens is 346 g/mol. The van der Waals surface area contributed by atoms with Crippen molar-refractivity contribution in [1.29, 1.82) is 0 Å². The lowest BCUT2D eigenvalue weighted by Crippen LogP contribution is -2.48. The van der Waals surface area contributed by atoms with Gasteiger partial charge in [-0.3, -0.25) is 15.0 Å². The Morgan fingerprint density at radius 1 is 1.28 bits per heavy atom. The van der Waals surface area contributed by atoms with Crippen LogP contribution in [0, 0.1) is 10.1 Å². The molecule has 8 nitrogen and oxygen atoms in total. The monoisotopic (exact) mass is 369 g/mol. The highest BCUT2D eigenvalue weighted by Gasteiger charge is 2.30. The van der Waals surface area contributed by atoms with Gasteiger partial charge in [0.1, 0.15) is 0 Å². The van der Waals surface area contributed by atoms with Crippen LogP contribution < -0.4 is 4.74 Å². The zero-order valence-corrected chi connectivity index (χ0v) is 15.5. The molecule has 0 atom stereocenters. The minimum absolute atomic E-state index is 0.0375. The molecule has 138 valence electrons. The van der Waals surface area contributed by atoms with E-state index in [1.54, 1.807) is 0 Å². The minimum Gasteiger partial charge on any atom is -0.490 e. The maximum Gasteiger partial charge on any atom is 0.312 e. The van der Waals surface area contributed by atoms with E-state index >= 15 is 0 Å². The molecule has 1 aromatic carbocycles. The standard InChI is InChI=1S/C16H23N3O5S/c1-13(2)6-7-17-8-10-18(11-9-17)25(22,23)14-4-5-16(24-3)15(12-14)19(20)21/h4-6,12H,7-11H2,1-3H3. The zero-order chi connectivity index (χ0) is 18.6.